The lowest BCUT2D eigenvalue weighted by molar-refractivity contribution is 0.0998. The maximum absolute atomic E-state index is 12.9. The number of allylic oxidation sites excluding steroid dienone is 1. The zero-order chi connectivity index (χ0) is 21.2. The van der Waals surface area contributed by atoms with Crippen LogP contribution in [0.2, 0.25) is 0 Å². The first kappa shape index (κ1) is 19.3. The first-order chi connectivity index (χ1) is 15.2. The molecule has 2 heterocycles. The summed E-state index contributed by atoms with van der Waals surface area (Å²) >= 11 is 1.45. The number of aromatic nitrogens is 1. The number of rotatable bonds is 5. The van der Waals surface area contributed by atoms with E-state index in [0.717, 1.165) is 22.2 Å². The summed E-state index contributed by atoms with van der Waals surface area (Å²) < 4.78 is 13.9. The van der Waals surface area contributed by atoms with Gasteiger partial charge in [0.2, 0.25) is 6.79 Å². The van der Waals surface area contributed by atoms with Gasteiger partial charge in [-0.05, 0) is 29.7 Å². The van der Waals surface area contributed by atoms with Crippen molar-refractivity contribution in [3.05, 3.63) is 101 Å². The van der Waals surface area contributed by atoms with E-state index in [4.69, 9.17) is 9.47 Å². The molecule has 154 valence electrons. The average Bonchev–Trinajstić information content (AvgIpc) is 3.37. The first-order valence-corrected chi connectivity index (χ1v) is 10.8. The lowest BCUT2D eigenvalue weighted by Gasteiger charge is -2.03. The van der Waals surface area contributed by atoms with E-state index in [2.05, 4.69) is 23.7 Å². The Labute approximate surface area is 183 Å². The molecular formula is C25H20N2O3S. The van der Waals surface area contributed by atoms with Crippen LogP contribution in [0.4, 0.5) is 0 Å². The quantitative estimate of drug-likeness (QED) is 0.423. The van der Waals surface area contributed by atoms with E-state index in [-0.39, 0.29) is 12.7 Å². The van der Waals surface area contributed by atoms with Gasteiger partial charge in [0.15, 0.2) is 16.3 Å². The number of thiazole rings is 1. The third kappa shape index (κ3) is 3.90. The van der Waals surface area contributed by atoms with Gasteiger partial charge in [-0.3, -0.25) is 4.79 Å². The van der Waals surface area contributed by atoms with Gasteiger partial charge in [0.1, 0.15) is 0 Å². The minimum atomic E-state index is -0.268. The van der Waals surface area contributed by atoms with Gasteiger partial charge in [-0.1, -0.05) is 59.9 Å². The van der Waals surface area contributed by atoms with Gasteiger partial charge < -0.3 is 14.0 Å². The van der Waals surface area contributed by atoms with E-state index in [1.54, 1.807) is 6.08 Å². The highest BCUT2D eigenvalue weighted by atomic mass is 32.1. The van der Waals surface area contributed by atoms with E-state index >= 15 is 0 Å². The molecule has 0 saturated heterocycles. The van der Waals surface area contributed by atoms with Crippen LogP contribution in [-0.4, -0.2) is 17.3 Å². The van der Waals surface area contributed by atoms with Gasteiger partial charge in [-0.2, -0.15) is 4.99 Å². The van der Waals surface area contributed by atoms with Gasteiger partial charge in [0, 0.05) is 24.2 Å². The lowest BCUT2D eigenvalue weighted by Crippen LogP contribution is -2.16. The molecular weight excluding hydrogens is 408 g/mol. The molecule has 1 aliphatic heterocycles. The topological polar surface area (TPSA) is 52.8 Å². The lowest BCUT2D eigenvalue weighted by atomic mass is 10.0. The molecule has 0 bridgehead atoms. The molecule has 1 aliphatic rings. The summed E-state index contributed by atoms with van der Waals surface area (Å²) in [6, 6.07) is 21.8. The molecule has 31 heavy (non-hydrogen) atoms. The molecule has 0 saturated carbocycles. The molecule has 0 radical (unpaired) electrons. The van der Waals surface area contributed by atoms with Gasteiger partial charge in [0.05, 0.1) is 10.2 Å². The first-order valence-electron chi connectivity index (χ1n) is 9.97. The summed E-state index contributed by atoms with van der Waals surface area (Å²) in [5.41, 5.74) is 3.90. The Morgan fingerprint density at radius 2 is 1.74 bits per heavy atom. The van der Waals surface area contributed by atoms with Gasteiger partial charge in [-0.15, -0.1) is 6.58 Å². The summed E-state index contributed by atoms with van der Waals surface area (Å²) in [4.78, 5) is 17.9. The Morgan fingerprint density at radius 3 is 2.48 bits per heavy atom. The number of benzene rings is 3. The molecule has 3 aromatic carbocycles. The summed E-state index contributed by atoms with van der Waals surface area (Å²) in [6.45, 7) is 4.61. The number of amides is 1. The molecule has 0 N–H and O–H groups in total. The smallest absolute Gasteiger partial charge is 0.279 e. The van der Waals surface area contributed by atoms with E-state index in [0.29, 0.717) is 28.4 Å². The van der Waals surface area contributed by atoms with Crippen molar-refractivity contribution in [2.75, 3.05) is 6.79 Å². The van der Waals surface area contributed by atoms with Crippen LogP contribution in [0.25, 0.3) is 10.2 Å². The van der Waals surface area contributed by atoms with Crippen LogP contribution < -0.4 is 14.3 Å². The van der Waals surface area contributed by atoms with Crippen LogP contribution in [0.5, 0.6) is 11.5 Å². The Morgan fingerprint density at radius 1 is 1.03 bits per heavy atom. The second-order valence-corrected chi connectivity index (χ2v) is 8.24. The summed E-state index contributed by atoms with van der Waals surface area (Å²) in [5, 5.41) is 0. The fourth-order valence-corrected chi connectivity index (χ4v) is 4.65. The number of hydrogen-bond acceptors (Lipinski definition) is 4. The number of nitrogens with zero attached hydrogens (tertiary/aromatic N) is 2. The molecule has 0 aliphatic carbocycles. The molecule has 6 heteroatoms. The van der Waals surface area contributed by atoms with Gasteiger partial charge in [0.25, 0.3) is 5.91 Å². The van der Waals surface area contributed by atoms with Crippen molar-refractivity contribution >= 4 is 27.5 Å². The molecule has 5 rings (SSSR count). The Kier molecular flexibility index (Phi) is 5.14. The van der Waals surface area contributed by atoms with Gasteiger partial charge >= 0.3 is 0 Å². The standard InChI is InChI=1S/C25H20N2O3S/c1-2-12-27-20-14-21-22(30-16-29-21)15-23(20)31-25(27)26-24(28)19-10-8-18(9-11-19)13-17-6-4-3-5-7-17/h2-11,14-15H,1,12-13,16H2. The van der Waals surface area contributed by atoms with E-state index in [1.807, 2.05) is 59.2 Å². The second-order valence-electron chi connectivity index (χ2n) is 7.23. The fourth-order valence-electron chi connectivity index (χ4n) is 3.60. The highest BCUT2D eigenvalue weighted by Crippen LogP contribution is 2.37. The van der Waals surface area contributed by atoms with Crippen LogP contribution >= 0.6 is 11.3 Å². The van der Waals surface area contributed by atoms with Crippen LogP contribution in [0.3, 0.4) is 0 Å². The fraction of sp³-hybridized carbons (Fsp3) is 0.120. The Hall–Kier alpha value is -3.64. The van der Waals surface area contributed by atoms with Crippen LogP contribution in [0.1, 0.15) is 21.5 Å². The van der Waals surface area contributed by atoms with Crippen molar-refractivity contribution in [3.8, 4) is 11.5 Å². The predicted molar refractivity (Wildman–Crippen MR) is 122 cm³/mol. The predicted octanol–water partition coefficient (Wildman–Crippen LogP) is 4.95. The van der Waals surface area contributed by atoms with Gasteiger partial charge in [-0.25, -0.2) is 0 Å². The number of hydrogen-bond donors (Lipinski definition) is 0. The Balaban J connectivity index is 1.46. The third-order valence-electron chi connectivity index (χ3n) is 5.14. The zero-order valence-electron chi connectivity index (χ0n) is 16.8. The van der Waals surface area contributed by atoms with Crippen molar-refractivity contribution in [2.24, 2.45) is 4.99 Å². The Bertz CT molecular complexity index is 1340. The molecule has 0 atom stereocenters. The summed E-state index contributed by atoms with van der Waals surface area (Å²) in [5.74, 6) is 1.15. The SMILES string of the molecule is C=CCn1c(=NC(=O)c2ccc(Cc3ccccc3)cc2)sc2cc3c(cc21)OCO3. The van der Waals surface area contributed by atoms with Crippen LogP contribution in [0, 0.1) is 0 Å². The van der Waals surface area contributed by atoms with Crippen LogP contribution in [0.15, 0.2) is 84.4 Å². The molecule has 0 unspecified atom stereocenters. The van der Waals surface area contributed by atoms with Crippen molar-refractivity contribution < 1.29 is 14.3 Å². The van der Waals surface area contributed by atoms with E-state index in [9.17, 15) is 4.79 Å². The second kappa shape index (κ2) is 8.24. The monoisotopic (exact) mass is 428 g/mol. The van der Waals surface area contributed by atoms with E-state index < -0.39 is 0 Å². The number of ether oxygens (including phenoxy) is 2. The molecule has 0 spiro atoms. The normalized spacial score (nSPS) is 13.0. The number of carbonyl (C=O) groups is 1. The summed E-state index contributed by atoms with van der Waals surface area (Å²) in [7, 11) is 0. The van der Waals surface area contributed by atoms with Crippen molar-refractivity contribution in [2.45, 2.75) is 13.0 Å². The third-order valence-corrected chi connectivity index (χ3v) is 6.18. The molecule has 4 aromatic rings. The highest BCUT2D eigenvalue weighted by molar-refractivity contribution is 7.16. The van der Waals surface area contributed by atoms with Crippen molar-refractivity contribution in [1.82, 2.24) is 4.57 Å². The number of fused-ring (bicyclic) bond motifs is 2. The molecule has 1 aromatic heterocycles. The summed E-state index contributed by atoms with van der Waals surface area (Å²) in [6.07, 6.45) is 2.62. The largest absolute Gasteiger partial charge is 0.454 e. The van der Waals surface area contributed by atoms with E-state index in [1.165, 1.54) is 16.9 Å². The maximum atomic E-state index is 12.9. The molecule has 5 nitrogen and oxygen atoms in total. The minimum absolute atomic E-state index is 0.226. The maximum Gasteiger partial charge on any atom is 0.279 e. The van der Waals surface area contributed by atoms with Crippen molar-refractivity contribution in [1.29, 1.82) is 0 Å². The average molecular weight is 429 g/mol. The zero-order valence-corrected chi connectivity index (χ0v) is 17.6. The minimum Gasteiger partial charge on any atom is -0.454 e. The van der Waals surface area contributed by atoms with Crippen LogP contribution in [-0.2, 0) is 13.0 Å². The molecule has 0 fully saturated rings. The molecule has 1 amide bonds. The van der Waals surface area contributed by atoms with Crippen molar-refractivity contribution in [3.63, 3.8) is 0 Å². The number of carbonyl (C=O) groups excluding carboxylic acids is 1. The highest BCUT2D eigenvalue weighted by Gasteiger charge is 2.17.